The summed E-state index contributed by atoms with van der Waals surface area (Å²) in [4.78, 5) is 0. The molecule has 0 aromatic carbocycles. The van der Waals surface area contributed by atoms with Gasteiger partial charge in [0.05, 0.1) is 0 Å². The van der Waals surface area contributed by atoms with Gasteiger partial charge in [0.2, 0.25) is 0 Å². The maximum Gasteiger partial charge on any atom is 0.151 e. The average molecular weight is 278 g/mol. The quantitative estimate of drug-likeness (QED) is 0.346. The van der Waals surface area contributed by atoms with Gasteiger partial charge in [-0.25, -0.2) is 0 Å². The molecule has 0 aliphatic heterocycles. The molecule has 0 saturated carbocycles. The summed E-state index contributed by atoms with van der Waals surface area (Å²) in [5.74, 6) is 0. The Morgan fingerprint density at radius 1 is 0.526 bits per heavy atom. The summed E-state index contributed by atoms with van der Waals surface area (Å²) in [7, 11) is 0. The van der Waals surface area contributed by atoms with Gasteiger partial charge in [0.25, 0.3) is 0 Å². The van der Waals surface area contributed by atoms with E-state index in [1.54, 1.807) is 0 Å². The molecule has 4 heteroatoms. The van der Waals surface area contributed by atoms with E-state index in [1.165, 1.54) is 25.7 Å². The van der Waals surface area contributed by atoms with Crippen molar-refractivity contribution in [1.29, 1.82) is 0 Å². The van der Waals surface area contributed by atoms with Gasteiger partial charge in [-0.3, -0.25) is 0 Å². The van der Waals surface area contributed by atoms with Crippen molar-refractivity contribution in [1.82, 2.24) is 0 Å². The van der Waals surface area contributed by atoms with Gasteiger partial charge in [0, 0.05) is 0 Å². The highest BCUT2D eigenvalue weighted by atomic mass is 16.5. The molecule has 0 bridgehead atoms. The molecule has 0 atom stereocenters. The molecule has 0 rings (SSSR count). The first-order valence-corrected chi connectivity index (χ1v) is 7.76. The summed E-state index contributed by atoms with van der Waals surface area (Å²) < 4.78 is 0. The molecule has 0 aromatic heterocycles. The van der Waals surface area contributed by atoms with Gasteiger partial charge in [0.15, 0.2) is 12.6 Å². The SMILES string of the molecule is CCCCCC(O)O.CCCCCCCCC(O)O. The molecular weight excluding hydrogens is 244 g/mol. The second-order valence-corrected chi connectivity index (χ2v) is 5.01. The number of rotatable bonds is 11. The molecule has 0 unspecified atom stereocenters. The minimum atomic E-state index is -1.10. The molecular formula is C15H34O4. The minimum absolute atomic E-state index is 0.522. The maximum atomic E-state index is 8.51. The lowest BCUT2D eigenvalue weighted by Crippen LogP contribution is -2.02. The van der Waals surface area contributed by atoms with Crippen molar-refractivity contribution in [2.24, 2.45) is 0 Å². The molecule has 0 aliphatic carbocycles. The highest BCUT2D eigenvalue weighted by Gasteiger charge is 1.96. The van der Waals surface area contributed by atoms with Crippen molar-refractivity contribution < 1.29 is 20.4 Å². The van der Waals surface area contributed by atoms with Crippen LogP contribution in [0.15, 0.2) is 0 Å². The van der Waals surface area contributed by atoms with E-state index in [0.717, 1.165) is 32.1 Å². The zero-order valence-corrected chi connectivity index (χ0v) is 12.7. The second-order valence-electron chi connectivity index (χ2n) is 5.01. The van der Waals surface area contributed by atoms with Crippen LogP contribution in [0.5, 0.6) is 0 Å². The average Bonchev–Trinajstić information content (AvgIpc) is 2.34. The zero-order chi connectivity index (χ0) is 14.9. The Morgan fingerprint density at radius 2 is 0.842 bits per heavy atom. The third-order valence-electron chi connectivity index (χ3n) is 2.88. The number of aliphatic hydroxyl groups is 4. The van der Waals surface area contributed by atoms with Gasteiger partial charge in [0.1, 0.15) is 0 Å². The van der Waals surface area contributed by atoms with E-state index in [2.05, 4.69) is 13.8 Å². The summed E-state index contributed by atoms with van der Waals surface area (Å²) in [5.41, 5.74) is 0. The molecule has 0 heterocycles. The zero-order valence-electron chi connectivity index (χ0n) is 12.7. The summed E-state index contributed by atoms with van der Waals surface area (Å²) in [5, 5.41) is 33.7. The van der Waals surface area contributed by atoms with E-state index in [-0.39, 0.29) is 0 Å². The van der Waals surface area contributed by atoms with Crippen LogP contribution in [0.2, 0.25) is 0 Å². The van der Waals surface area contributed by atoms with Crippen LogP contribution in [0.4, 0.5) is 0 Å². The molecule has 19 heavy (non-hydrogen) atoms. The van der Waals surface area contributed by atoms with E-state index in [9.17, 15) is 0 Å². The number of aliphatic hydroxyl groups excluding tert-OH is 2. The van der Waals surface area contributed by atoms with Gasteiger partial charge >= 0.3 is 0 Å². The van der Waals surface area contributed by atoms with Gasteiger partial charge in [-0.2, -0.15) is 0 Å². The molecule has 0 fully saturated rings. The fourth-order valence-electron chi connectivity index (χ4n) is 1.68. The monoisotopic (exact) mass is 278 g/mol. The molecule has 0 amide bonds. The Labute approximate surface area is 118 Å². The van der Waals surface area contributed by atoms with Crippen molar-refractivity contribution >= 4 is 0 Å². The van der Waals surface area contributed by atoms with Crippen molar-refractivity contribution in [3.8, 4) is 0 Å². The van der Waals surface area contributed by atoms with Crippen molar-refractivity contribution in [3.05, 3.63) is 0 Å². The van der Waals surface area contributed by atoms with Crippen LogP contribution in [-0.2, 0) is 0 Å². The lowest BCUT2D eigenvalue weighted by atomic mass is 10.1. The van der Waals surface area contributed by atoms with E-state index in [1.807, 2.05) is 0 Å². The summed E-state index contributed by atoms with van der Waals surface area (Å²) in [6.45, 7) is 4.28. The first kappa shape index (κ1) is 21.1. The van der Waals surface area contributed by atoms with Crippen LogP contribution in [0.1, 0.15) is 84.5 Å². The van der Waals surface area contributed by atoms with Crippen LogP contribution >= 0.6 is 0 Å². The Kier molecular flexibility index (Phi) is 19.9. The first-order chi connectivity index (χ1) is 9.04. The van der Waals surface area contributed by atoms with E-state index >= 15 is 0 Å². The standard InChI is InChI=1S/C9H20O2.C6H14O2/c1-2-3-4-5-6-7-8-9(10)11;1-2-3-4-5-6(7)8/h9-11H,2-8H2,1H3;6-8H,2-5H2,1H3. The fraction of sp³-hybridized carbons (Fsp3) is 1.00. The van der Waals surface area contributed by atoms with E-state index in [0.29, 0.717) is 12.8 Å². The summed E-state index contributed by atoms with van der Waals surface area (Å²) in [6, 6.07) is 0. The highest BCUT2D eigenvalue weighted by Crippen LogP contribution is 2.07. The largest absolute Gasteiger partial charge is 0.368 e. The van der Waals surface area contributed by atoms with Crippen LogP contribution in [0.3, 0.4) is 0 Å². The molecule has 0 aliphatic rings. The number of unbranched alkanes of at least 4 members (excludes halogenated alkanes) is 7. The maximum absolute atomic E-state index is 8.51. The van der Waals surface area contributed by atoms with Crippen molar-refractivity contribution in [2.45, 2.75) is 97.1 Å². The molecule has 118 valence electrons. The van der Waals surface area contributed by atoms with Crippen LogP contribution < -0.4 is 0 Å². The van der Waals surface area contributed by atoms with Crippen molar-refractivity contribution in [2.75, 3.05) is 0 Å². The predicted molar refractivity (Wildman–Crippen MR) is 78.6 cm³/mol. The van der Waals surface area contributed by atoms with Gasteiger partial charge in [-0.05, 0) is 25.7 Å². The predicted octanol–water partition coefficient (Wildman–Crippen LogP) is 2.93. The first-order valence-electron chi connectivity index (χ1n) is 7.76. The van der Waals surface area contributed by atoms with E-state index in [4.69, 9.17) is 20.4 Å². The molecule has 4 nitrogen and oxygen atoms in total. The third-order valence-corrected chi connectivity index (χ3v) is 2.88. The molecule has 4 N–H and O–H groups in total. The third kappa shape index (κ3) is 27.2. The summed E-state index contributed by atoms with van der Waals surface area (Å²) >= 11 is 0. The molecule has 0 radical (unpaired) electrons. The highest BCUT2D eigenvalue weighted by molar-refractivity contribution is 4.45. The fourth-order valence-corrected chi connectivity index (χ4v) is 1.68. The van der Waals surface area contributed by atoms with Gasteiger partial charge in [-0.15, -0.1) is 0 Å². The Bertz CT molecular complexity index is 149. The lowest BCUT2D eigenvalue weighted by molar-refractivity contribution is -0.0472. The van der Waals surface area contributed by atoms with Crippen molar-refractivity contribution in [3.63, 3.8) is 0 Å². The topological polar surface area (TPSA) is 80.9 Å². The lowest BCUT2D eigenvalue weighted by Gasteiger charge is -2.02. The van der Waals surface area contributed by atoms with Crippen LogP contribution in [0, 0.1) is 0 Å². The minimum Gasteiger partial charge on any atom is -0.368 e. The number of hydrogen-bond acceptors (Lipinski definition) is 4. The molecule has 0 saturated heterocycles. The number of hydrogen-bond donors (Lipinski definition) is 4. The van der Waals surface area contributed by atoms with E-state index < -0.39 is 12.6 Å². The van der Waals surface area contributed by atoms with Gasteiger partial charge in [-0.1, -0.05) is 58.8 Å². The summed E-state index contributed by atoms with van der Waals surface area (Å²) in [6.07, 6.45) is 9.20. The van der Waals surface area contributed by atoms with Crippen LogP contribution in [-0.4, -0.2) is 33.0 Å². The molecule has 0 spiro atoms. The smallest absolute Gasteiger partial charge is 0.151 e. The Hall–Kier alpha value is -0.160. The normalized spacial score (nSPS) is 10.7. The Morgan fingerprint density at radius 3 is 1.26 bits per heavy atom. The Balaban J connectivity index is 0. The van der Waals surface area contributed by atoms with Crippen LogP contribution in [0.25, 0.3) is 0 Å². The second kappa shape index (κ2) is 17.8. The molecule has 0 aromatic rings. The van der Waals surface area contributed by atoms with Gasteiger partial charge < -0.3 is 20.4 Å².